The van der Waals surface area contributed by atoms with Crippen LogP contribution in [0.1, 0.15) is 11.1 Å². The van der Waals surface area contributed by atoms with Gasteiger partial charge in [0.1, 0.15) is 5.75 Å². The Balaban J connectivity index is 2.04. The van der Waals surface area contributed by atoms with Gasteiger partial charge in [-0.15, -0.1) is 0 Å². The fourth-order valence-corrected chi connectivity index (χ4v) is 1.90. The molecule has 3 heteroatoms. The van der Waals surface area contributed by atoms with Gasteiger partial charge in [0.25, 0.3) is 0 Å². The van der Waals surface area contributed by atoms with Gasteiger partial charge in [-0.25, -0.2) is 0 Å². The van der Waals surface area contributed by atoms with Gasteiger partial charge >= 0.3 is 0 Å². The van der Waals surface area contributed by atoms with Gasteiger partial charge in [-0.1, -0.05) is 29.8 Å². The molecule has 94 valence electrons. The predicted octanol–water partition coefficient (Wildman–Crippen LogP) is 4.27. The first-order valence-corrected chi connectivity index (χ1v) is 6.20. The number of benzene rings is 2. The van der Waals surface area contributed by atoms with Crippen molar-refractivity contribution in [3.63, 3.8) is 0 Å². The summed E-state index contributed by atoms with van der Waals surface area (Å²) in [4.78, 5) is 0. The highest BCUT2D eigenvalue weighted by Gasteiger charge is 2.00. The molecule has 0 spiro atoms. The zero-order valence-electron chi connectivity index (χ0n) is 10.5. The lowest BCUT2D eigenvalue weighted by Crippen LogP contribution is -2.00. The molecule has 2 nitrogen and oxygen atoms in total. The first-order chi connectivity index (χ1) is 8.69. The lowest BCUT2D eigenvalue weighted by molar-refractivity contribution is 0.414. The third-order valence-electron chi connectivity index (χ3n) is 2.76. The van der Waals surface area contributed by atoms with E-state index in [1.807, 2.05) is 42.5 Å². The molecular weight excluding hydrogens is 246 g/mol. The molecule has 0 radical (unpaired) electrons. The maximum atomic E-state index is 6.13. The van der Waals surface area contributed by atoms with Gasteiger partial charge in [0.2, 0.25) is 0 Å². The van der Waals surface area contributed by atoms with Crippen LogP contribution in [0.2, 0.25) is 5.02 Å². The molecule has 0 aromatic heterocycles. The largest absolute Gasteiger partial charge is 0.497 e. The van der Waals surface area contributed by atoms with Crippen molar-refractivity contribution in [1.29, 1.82) is 0 Å². The quantitative estimate of drug-likeness (QED) is 0.888. The number of nitrogens with one attached hydrogen (secondary N) is 1. The fourth-order valence-electron chi connectivity index (χ4n) is 1.72. The molecule has 1 N–H and O–H groups in total. The second kappa shape index (κ2) is 5.78. The molecule has 0 fully saturated rings. The fraction of sp³-hybridized carbons (Fsp3) is 0.200. The van der Waals surface area contributed by atoms with Gasteiger partial charge < -0.3 is 10.1 Å². The number of ether oxygens (including phenoxy) is 1. The lowest BCUT2D eigenvalue weighted by atomic mass is 10.2. The summed E-state index contributed by atoms with van der Waals surface area (Å²) in [7, 11) is 1.67. The van der Waals surface area contributed by atoms with E-state index in [1.54, 1.807) is 7.11 Å². The highest BCUT2D eigenvalue weighted by atomic mass is 35.5. The van der Waals surface area contributed by atoms with Crippen LogP contribution >= 0.6 is 11.6 Å². The molecule has 2 aromatic rings. The second-order valence-electron chi connectivity index (χ2n) is 4.18. The van der Waals surface area contributed by atoms with Crippen molar-refractivity contribution < 1.29 is 4.74 Å². The van der Waals surface area contributed by atoms with E-state index in [1.165, 1.54) is 11.1 Å². The molecule has 0 saturated heterocycles. The van der Waals surface area contributed by atoms with E-state index >= 15 is 0 Å². The maximum Gasteiger partial charge on any atom is 0.118 e. The van der Waals surface area contributed by atoms with E-state index in [-0.39, 0.29) is 0 Å². The van der Waals surface area contributed by atoms with Gasteiger partial charge in [0, 0.05) is 6.54 Å². The highest BCUT2D eigenvalue weighted by molar-refractivity contribution is 6.33. The molecule has 0 aliphatic carbocycles. The molecule has 2 rings (SSSR count). The third-order valence-corrected chi connectivity index (χ3v) is 3.09. The minimum absolute atomic E-state index is 0.743. The van der Waals surface area contributed by atoms with Crippen molar-refractivity contribution in [2.75, 3.05) is 12.4 Å². The Morgan fingerprint density at radius 1 is 1.11 bits per heavy atom. The summed E-state index contributed by atoms with van der Waals surface area (Å²) in [5.41, 5.74) is 3.34. The Morgan fingerprint density at radius 2 is 1.83 bits per heavy atom. The molecule has 0 bridgehead atoms. The van der Waals surface area contributed by atoms with Gasteiger partial charge in [-0.05, 0) is 42.3 Å². The standard InChI is InChI=1S/C15H16ClNO/c1-11-3-8-14(16)15(9-11)17-10-12-4-6-13(18-2)7-5-12/h3-9,17H,10H2,1-2H3. The smallest absolute Gasteiger partial charge is 0.118 e. The second-order valence-corrected chi connectivity index (χ2v) is 4.59. The third kappa shape index (κ3) is 3.17. The Kier molecular flexibility index (Phi) is 4.11. The zero-order chi connectivity index (χ0) is 13.0. The van der Waals surface area contributed by atoms with Gasteiger partial charge in [0.15, 0.2) is 0 Å². The number of rotatable bonds is 4. The van der Waals surface area contributed by atoms with E-state index < -0.39 is 0 Å². The molecule has 0 saturated carbocycles. The first kappa shape index (κ1) is 12.8. The number of anilines is 1. The molecule has 2 aromatic carbocycles. The summed E-state index contributed by atoms with van der Waals surface area (Å²) in [5.74, 6) is 0.868. The van der Waals surface area contributed by atoms with E-state index in [9.17, 15) is 0 Å². The lowest BCUT2D eigenvalue weighted by Gasteiger charge is -2.09. The maximum absolute atomic E-state index is 6.13. The summed E-state index contributed by atoms with van der Waals surface area (Å²) in [6.45, 7) is 2.79. The van der Waals surface area contributed by atoms with Crippen LogP contribution in [0.4, 0.5) is 5.69 Å². The summed E-state index contributed by atoms with van der Waals surface area (Å²) < 4.78 is 5.13. The van der Waals surface area contributed by atoms with Gasteiger partial charge in [0.05, 0.1) is 17.8 Å². The van der Waals surface area contributed by atoms with Crippen LogP contribution in [0.25, 0.3) is 0 Å². The molecule has 0 aliphatic rings. The minimum Gasteiger partial charge on any atom is -0.497 e. The van der Waals surface area contributed by atoms with Crippen LogP contribution < -0.4 is 10.1 Å². The number of hydrogen-bond acceptors (Lipinski definition) is 2. The Labute approximate surface area is 113 Å². The summed E-state index contributed by atoms with van der Waals surface area (Å²) >= 11 is 6.13. The van der Waals surface area contributed by atoms with Crippen molar-refractivity contribution >= 4 is 17.3 Å². The van der Waals surface area contributed by atoms with Crippen molar-refractivity contribution in [3.8, 4) is 5.75 Å². The van der Waals surface area contributed by atoms with E-state index in [4.69, 9.17) is 16.3 Å². The van der Waals surface area contributed by atoms with Crippen molar-refractivity contribution in [2.45, 2.75) is 13.5 Å². The van der Waals surface area contributed by atoms with Crippen molar-refractivity contribution in [2.24, 2.45) is 0 Å². The normalized spacial score (nSPS) is 10.2. The molecule has 0 heterocycles. The molecule has 0 aliphatic heterocycles. The number of hydrogen-bond donors (Lipinski definition) is 1. The van der Waals surface area contributed by atoms with Crippen molar-refractivity contribution in [3.05, 3.63) is 58.6 Å². The van der Waals surface area contributed by atoms with Crippen LogP contribution in [0, 0.1) is 6.92 Å². The monoisotopic (exact) mass is 261 g/mol. The van der Waals surface area contributed by atoms with Crippen LogP contribution in [0.5, 0.6) is 5.75 Å². The van der Waals surface area contributed by atoms with Crippen LogP contribution in [-0.4, -0.2) is 7.11 Å². The van der Waals surface area contributed by atoms with Crippen molar-refractivity contribution in [1.82, 2.24) is 0 Å². The zero-order valence-corrected chi connectivity index (χ0v) is 11.3. The number of halogens is 1. The molecule has 0 atom stereocenters. The minimum atomic E-state index is 0.743. The Morgan fingerprint density at radius 3 is 2.50 bits per heavy atom. The van der Waals surface area contributed by atoms with E-state index in [0.717, 1.165) is 23.0 Å². The molecule has 18 heavy (non-hydrogen) atoms. The average molecular weight is 262 g/mol. The Hall–Kier alpha value is -1.67. The van der Waals surface area contributed by atoms with Crippen LogP contribution in [0.15, 0.2) is 42.5 Å². The van der Waals surface area contributed by atoms with Gasteiger partial charge in [-0.3, -0.25) is 0 Å². The predicted molar refractivity (Wildman–Crippen MR) is 76.5 cm³/mol. The SMILES string of the molecule is COc1ccc(CNc2cc(C)ccc2Cl)cc1. The Bertz CT molecular complexity index is 523. The number of methoxy groups -OCH3 is 1. The molecule has 0 amide bonds. The van der Waals surface area contributed by atoms with Crippen LogP contribution in [-0.2, 0) is 6.54 Å². The molecule has 0 unspecified atom stereocenters. The molecular formula is C15H16ClNO. The number of aryl methyl sites for hydroxylation is 1. The van der Waals surface area contributed by atoms with E-state index in [2.05, 4.69) is 12.2 Å². The average Bonchev–Trinajstić information content (AvgIpc) is 2.40. The summed E-state index contributed by atoms with van der Waals surface area (Å²) in [6.07, 6.45) is 0. The highest BCUT2D eigenvalue weighted by Crippen LogP contribution is 2.23. The summed E-state index contributed by atoms with van der Waals surface area (Å²) in [6, 6.07) is 13.9. The van der Waals surface area contributed by atoms with Gasteiger partial charge in [-0.2, -0.15) is 0 Å². The van der Waals surface area contributed by atoms with Crippen LogP contribution in [0.3, 0.4) is 0 Å². The summed E-state index contributed by atoms with van der Waals surface area (Å²) in [5, 5.41) is 4.08. The van der Waals surface area contributed by atoms with E-state index in [0.29, 0.717) is 0 Å². The first-order valence-electron chi connectivity index (χ1n) is 5.82. The topological polar surface area (TPSA) is 21.3 Å².